The molecule has 1 aromatic carbocycles. The van der Waals surface area contributed by atoms with Gasteiger partial charge in [0.2, 0.25) is 5.91 Å². The zero-order valence-electron chi connectivity index (χ0n) is 14.4. The number of likely N-dealkylation sites (tertiary alicyclic amines) is 2. The van der Waals surface area contributed by atoms with E-state index >= 15 is 0 Å². The van der Waals surface area contributed by atoms with Gasteiger partial charge in [0.15, 0.2) is 0 Å². The molecule has 1 spiro atoms. The van der Waals surface area contributed by atoms with Crippen LogP contribution in [-0.4, -0.2) is 47.9 Å². The first-order valence-electron chi connectivity index (χ1n) is 8.80. The van der Waals surface area contributed by atoms with E-state index in [0.29, 0.717) is 12.3 Å². The number of hydrogen-bond donors (Lipinski definition) is 0. The van der Waals surface area contributed by atoms with Crippen molar-refractivity contribution in [2.45, 2.75) is 44.1 Å². The van der Waals surface area contributed by atoms with Gasteiger partial charge in [-0.25, -0.2) is 0 Å². The van der Waals surface area contributed by atoms with Crippen LogP contribution in [0.4, 0.5) is 0 Å². The highest BCUT2D eigenvalue weighted by Gasteiger charge is 2.45. The molecule has 0 unspecified atom stereocenters. The smallest absolute Gasteiger partial charge is 0.226 e. The molecule has 2 aliphatic heterocycles. The molecule has 2 saturated heterocycles. The van der Waals surface area contributed by atoms with Crippen LogP contribution in [0.5, 0.6) is 0 Å². The largest absolute Gasteiger partial charge is 0.342 e. The van der Waals surface area contributed by atoms with Crippen molar-refractivity contribution in [1.82, 2.24) is 9.80 Å². The summed E-state index contributed by atoms with van der Waals surface area (Å²) in [5.41, 5.74) is 1.75. The molecule has 0 radical (unpaired) electrons. The van der Waals surface area contributed by atoms with Crippen molar-refractivity contribution in [1.29, 1.82) is 0 Å². The number of nitrogens with zero attached hydrogens (tertiary/aromatic N) is 2. The summed E-state index contributed by atoms with van der Waals surface area (Å²) >= 11 is 0. The summed E-state index contributed by atoms with van der Waals surface area (Å²) in [4.78, 5) is 16.8. The van der Waals surface area contributed by atoms with E-state index in [0.717, 1.165) is 32.5 Å². The minimum atomic E-state index is 0.276. The number of likely N-dealkylation sites (N-methyl/N-ethyl adjacent to an activating group) is 1. The Morgan fingerprint density at radius 1 is 1.26 bits per heavy atom. The van der Waals surface area contributed by atoms with Gasteiger partial charge >= 0.3 is 0 Å². The quantitative estimate of drug-likeness (QED) is 0.798. The first kappa shape index (κ1) is 16.3. The Morgan fingerprint density at radius 2 is 1.96 bits per heavy atom. The molecule has 0 N–H and O–H groups in total. The summed E-state index contributed by atoms with van der Waals surface area (Å²) in [6.07, 6.45) is 7.90. The van der Waals surface area contributed by atoms with E-state index in [1.54, 1.807) is 0 Å². The van der Waals surface area contributed by atoms with E-state index in [2.05, 4.69) is 47.2 Å². The van der Waals surface area contributed by atoms with Crippen LogP contribution in [0.1, 0.15) is 44.1 Å². The number of benzene rings is 1. The summed E-state index contributed by atoms with van der Waals surface area (Å²) < 4.78 is 0. The molecule has 1 atom stereocenters. The molecule has 0 aliphatic carbocycles. The third-order valence-corrected chi connectivity index (χ3v) is 5.78. The highest BCUT2D eigenvalue weighted by Crippen LogP contribution is 2.43. The molecular weight excluding hydrogens is 284 g/mol. The Bertz CT molecular complexity index is 558. The molecule has 1 amide bonds. The minimum Gasteiger partial charge on any atom is -0.342 e. The number of piperidine rings is 1. The van der Waals surface area contributed by atoms with Crippen molar-refractivity contribution in [3.63, 3.8) is 0 Å². The minimum absolute atomic E-state index is 0.276. The van der Waals surface area contributed by atoms with E-state index in [1.807, 2.05) is 19.1 Å². The molecule has 0 bridgehead atoms. The normalized spacial score (nSPS) is 24.6. The third kappa shape index (κ3) is 3.35. The summed E-state index contributed by atoms with van der Waals surface area (Å²) in [6, 6.07) is 10.9. The number of carbonyl (C=O) groups is 1. The molecule has 23 heavy (non-hydrogen) atoms. The summed E-state index contributed by atoms with van der Waals surface area (Å²) in [6.45, 7) is 4.91. The van der Waals surface area contributed by atoms with Crippen LogP contribution in [0, 0.1) is 0 Å². The van der Waals surface area contributed by atoms with Crippen molar-refractivity contribution in [3.05, 3.63) is 48.0 Å². The Kier molecular flexibility index (Phi) is 4.86. The number of carbonyl (C=O) groups excluding carboxylic acids is 1. The van der Waals surface area contributed by atoms with Gasteiger partial charge in [0.1, 0.15) is 0 Å². The highest BCUT2D eigenvalue weighted by atomic mass is 16.2. The zero-order valence-corrected chi connectivity index (χ0v) is 14.4. The Balaban J connectivity index is 1.62. The Labute approximate surface area is 140 Å². The molecule has 3 nitrogen and oxygen atoms in total. The SMILES string of the molecule is C/C=C/CC(=O)N1CCC2(CC1)C[C@H](c1ccccc1)CN2C. The lowest BCUT2D eigenvalue weighted by Crippen LogP contribution is -2.51. The average Bonchev–Trinajstić information content (AvgIpc) is 2.91. The van der Waals surface area contributed by atoms with Gasteiger partial charge in [0.25, 0.3) is 0 Å². The topological polar surface area (TPSA) is 23.6 Å². The van der Waals surface area contributed by atoms with Crippen LogP contribution in [0.25, 0.3) is 0 Å². The maximum Gasteiger partial charge on any atom is 0.226 e. The molecular formula is C20H28N2O. The molecule has 2 aliphatic rings. The van der Waals surface area contributed by atoms with E-state index in [1.165, 1.54) is 12.0 Å². The van der Waals surface area contributed by atoms with Gasteiger partial charge < -0.3 is 4.90 Å². The predicted octanol–water partition coefficient (Wildman–Crippen LogP) is 3.43. The first-order valence-corrected chi connectivity index (χ1v) is 8.80. The summed E-state index contributed by atoms with van der Waals surface area (Å²) in [5, 5.41) is 0. The van der Waals surface area contributed by atoms with Gasteiger partial charge in [-0.2, -0.15) is 0 Å². The second-order valence-corrected chi connectivity index (χ2v) is 7.07. The lowest BCUT2D eigenvalue weighted by molar-refractivity contribution is -0.132. The Morgan fingerprint density at radius 3 is 2.61 bits per heavy atom. The van der Waals surface area contributed by atoms with Crippen molar-refractivity contribution >= 4 is 5.91 Å². The van der Waals surface area contributed by atoms with E-state index in [4.69, 9.17) is 0 Å². The van der Waals surface area contributed by atoms with Gasteiger partial charge in [-0.15, -0.1) is 0 Å². The molecule has 3 rings (SSSR count). The summed E-state index contributed by atoms with van der Waals surface area (Å²) in [5.74, 6) is 0.907. The standard InChI is InChI=1S/C20H28N2O/c1-3-4-10-19(23)22-13-11-20(12-14-22)15-18(16-21(20)2)17-8-6-5-7-9-17/h3-9,18H,10-16H2,1-2H3/b4-3+/t18-/m0/s1. The Hall–Kier alpha value is -1.61. The van der Waals surface area contributed by atoms with Gasteiger partial charge in [-0.1, -0.05) is 42.5 Å². The molecule has 2 heterocycles. The van der Waals surface area contributed by atoms with Crippen LogP contribution in [0.15, 0.2) is 42.5 Å². The van der Waals surface area contributed by atoms with E-state index in [9.17, 15) is 4.79 Å². The maximum absolute atomic E-state index is 12.2. The lowest BCUT2D eigenvalue weighted by atomic mass is 9.81. The molecule has 2 fully saturated rings. The van der Waals surface area contributed by atoms with E-state index in [-0.39, 0.29) is 11.4 Å². The fourth-order valence-corrected chi connectivity index (χ4v) is 4.26. The molecule has 1 aromatic rings. The van der Waals surface area contributed by atoms with Crippen LogP contribution in [0.2, 0.25) is 0 Å². The van der Waals surface area contributed by atoms with Crippen molar-refractivity contribution < 1.29 is 4.79 Å². The van der Waals surface area contributed by atoms with Gasteiger partial charge in [-0.05, 0) is 44.7 Å². The third-order valence-electron chi connectivity index (χ3n) is 5.78. The molecule has 3 heteroatoms. The second-order valence-electron chi connectivity index (χ2n) is 7.07. The van der Waals surface area contributed by atoms with Gasteiger partial charge in [0.05, 0.1) is 0 Å². The van der Waals surface area contributed by atoms with Crippen molar-refractivity contribution in [2.24, 2.45) is 0 Å². The predicted molar refractivity (Wildman–Crippen MR) is 94.4 cm³/mol. The molecule has 124 valence electrons. The maximum atomic E-state index is 12.2. The number of rotatable bonds is 3. The van der Waals surface area contributed by atoms with Crippen LogP contribution < -0.4 is 0 Å². The number of allylic oxidation sites excluding steroid dienone is 1. The summed E-state index contributed by atoms with van der Waals surface area (Å²) in [7, 11) is 2.26. The van der Waals surface area contributed by atoms with Gasteiger partial charge in [0, 0.05) is 31.6 Å². The van der Waals surface area contributed by atoms with Gasteiger partial charge in [-0.3, -0.25) is 9.69 Å². The molecule has 0 saturated carbocycles. The van der Waals surface area contributed by atoms with Crippen molar-refractivity contribution in [2.75, 3.05) is 26.7 Å². The van der Waals surface area contributed by atoms with E-state index < -0.39 is 0 Å². The fourth-order valence-electron chi connectivity index (χ4n) is 4.26. The number of amides is 1. The average molecular weight is 312 g/mol. The van der Waals surface area contributed by atoms with Crippen LogP contribution >= 0.6 is 0 Å². The lowest BCUT2D eigenvalue weighted by Gasteiger charge is -2.43. The zero-order chi connectivity index (χ0) is 16.3. The fraction of sp³-hybridized carbons (Fsp3) is 0.550. The first-order chi connectivity index (χ1) is 11.1. The second kappa shape index (κ2) is 6.88. The van der Waals surface area contributed by atoms with Crippen LogP contribution in [-0.2, 0) is 4.79 Å². The molecule has 0 aromatic heterocycles. The van der Waals surface area contributed by atoms with Crippen LogP contribution in [0.3, 0.4) is 0 Å². The van der Waals surface area contributed by atoms with Crippen molar-refractivity contribution in [3.8, 4) is 0 Å². The monoisotopic (exact) mass is 312 g/mol. The highest BCUT2D eigenvalue weighted by molar-refractivity contribution is 5.77. The number of hydrogen-bond acceptors (Lipinski definition) is 2.